The fourth-order valence-corrected chi connectivity index (χ4v) is 3.77. The van der Waals surface area contributed by atoms with Gasteiger partial charge in [0, 0.05) is 23.1 Å². The summed E-state index contributed by atoms with van der Waals surface area (Å²) in [6.07, 6.45) is 2.59. The number of carbonyl (C=O) groups excluding carboxylic acids is 1. The molecule has 134 valence electrons. The van der Waals surface area contributed by atoms with Crippen LogP contribution in [0.25, 0.3) is 5.65 Å². The van der Waals surface area contributed by atoms with Crippen LogP contribution in [-0.2, 0) is 6.42 Å². The number of aryl methyl sites for hydroxylation is 4. The molecule has 0 bridgehead atoms. The number of fused-ring (bicyclic) bond motifs is 2. The van der Waals surface area contributed by atoms with E-state index in [0.29, 0.717) is 16.9 Å². The van der Waals surface area contributed by atoms with Gasteiger partial charge in [0.15, 0.2) is 5.65 Å². The number of H-pyrrole nitrogens is 1. The number of carbonyl (C=O) groups is 1. The first kappa shape index (κ1) is 16.5. The van der Waals surface area contributed by atoms with Gasteiger partial charge >= 0.3 is 0 Å². The monoisotopic (exact) mass is 351 g/mol. The average molecular weight is 351 g/mol. The molecule has 1 aliphatic rings. The van der Waals surface area contributed by atoms with Crippen molar-refractivity contribution in [2.75, 3.05) is 0 Å². The van der Waals surface area contributed by atoms with Crippen LogP contribution in [0.5, 0.6) is 0 Å². The Balaban J connectivity index is 1.71. The van der Waals surface area contributed by atoms with Crippen LogP contribution >= 0.6 is 0 Å². The molecule has 2 N–H and O–H groups in total. The lowest BCUT2D eigenvalue weighted by molar-refractivity contribution is 0.0933. The Morgan fingerprint density at radius 1 is 1.31 bits per heavy atom. The first-order chi connectivity index (χ1) is 12.4. The van der Waals surface area contributed by atoms with E-state index in [9.17, 15) is 9.59 Å². The molecule has 4 rings (SSSR count). The zero-order valence-electron chi connectivity index (χ0n) is 15.1. The largest absolute Gasteiger partial charge is 0.345 e. The Morgan fingerprint density at radius 2 is 2.12 bits per heavy atom. The highest BCUT2D eigenvalue weighted by Gasteiger charge is 2.26. The van der Waals surface area contributed by atoms with E-state index in [2.05, 4.69) is 20.4 Å². The van der Waals surface area contributed by atoms with Crippen molar-refractivity contribution in [1.82, 2.24) is 24.9 Å². The van der Waals surface area contributed by atoms with Gasteiger partial charge in [-0.2, -0.15) is 5.10 Å². The fraction of sp³-hybridized carbons (Fsp3) is 0.368. The van der Waals surface area contributed by atoms with Crippen LogP contribution in [0.1, 0.15) is 57.6 Å². The van der Waals surface area contributed by atoms with E-state index < -0.39 is 0 Å². The maximum Gasteiger partial charge on any atom is 0.257 e. The van der Waals surface area contributed by atoms with Crippen LogP contribution in [-0.4, -0.2) is 25.5 Å². The van der Waals surface area contributed by atoms with E-state index in [-0.39, 0.29) is 17.5 Å². The zero-order valence-corrected chi connectivity index (χ0v) is 15.1. The van der Waals surface area contributed by atoms with Gasteiger partial charge in [-0.05, 0) is 57.7 Å². The maximum absolute atomic E-state index is 13.0. The van der Waals surface area contributed by atoms with Gasteiger partial charge < -0.3 is 10.3 Å². The minimum atomic E-state index is -0.181. The first-order valence-electron chi connectivity index (χ1n) is 8.80. The minimum absolute atomic E-state index is 0.107. The van der Waals surface area contributed by atoms with E-state index in [0.717, 1.165) is 41.9 Å². The van der Waals surface area contributed by atoms with Gasteiger partial charge in [-0.1, -0.05) is 0 Å². The van der Waals surface area contributed by atoms with Gasteiger partial charge in [0.05, 0.1) is 11.7 Å². The van der Waals surface area contributed by atoms with Gasteiger partial charge in [0.1, 0.15) is 5.56 Å². The molecule has 3 heterocycles. The molecule has 0 saturated heterocycles. The van der Waals surface area contributed by atoms with E-state index in [1.807, 2.05) is 32.9 Å². The molecule has 0 radical (unpaired) electrons. The third-order valence-corrected chi connectivity index (χ3v) is 4.93. The molecule has 0 saturated carbocycles. The van der Waals surface area contributed by atoms with Gasteiger partial charge in [-0.3, -0.25) is 9.59 Å². The van der Waals surface area contributed by atoms with Crippen molar-refractivity contribution in [2.45, 2.75) is 46.1 Å². The summed E-state index contributed by atoms with van der Waals surface area (Å²) in [5.74, 6) is -0.181. The third-order valence-electron chi connectivity index (χ3n) is 4.93. The number of aromatic nitrogens is 4. The second-order valence-corrected chi connectivity index (χ2v) is 6.91. The third kappa shape index (κ3) is 2.69. The maximum atomic E-state index is 13.0. The molecule has 0 spiro atoms. The number of nitrogens with zero attached hydrogens (tertiary/aromatic N) is 3. The van der Waals surface area contributed by atoms with Crippen LogP contribution < -0.4 is 10.9 Å². The highest BCUT2D eigenvalue weighted by atomic mass is 16.2. The van der Waals surface area contributed by atoms with Crippen LogP contribution in [0, 0.1) is 20.8 Å². The summed E-state index contributed by atoms with van der Waals surface area (Å²) in [5.41, 5.74) is 5.32. The molecule has 1 atom stereocenters. The van der Waals surface area contributed by atoms with Crippen molar-refractivity contribution in [2.24, 2.45) is 0 Å². The number of amides is 1. The Kier molecular flexibility index (Phi) is 3.86. The van der Waals surface area contributed by atoms with E-state index in [1.54, 1.807) is 4.52 Å². The summed E-state index contributed by atoms with van der Waals surface area (Å²) in [6.45, 7) is 5.68. The summed E-state index contributed by atoms with van der Waals surface area (Å²) >= 11 is 0. The number of pyridine rings is 1. The van der Waals surface area contributed by atoms with Gasteiger partial charge in [0.25, 0.3) is 5.91 Å². The molecule has 3 aromatic rings. The van der Waals surface area contributed by atoms with E-state index >= 15 is 0 Å². The smallest absolute Gasteiger partial charge is 0.257 e. The molecular formula is C19H21N5O2. The molecular weight excluding hydrogens is 330 g/mol. The van der Waals surface area contributed by atoms with Crippen molar-refractivity contribution >= 4 is 11.6 Å². The van der Waals surface area contributed by atoms with E-state index in [1.165, 1.54) is 6.07 Å². The molecule has 1 unspecified atom stereocenters. The summed E-state index contributed by atoms with van der Waals surface area (Å²) in [6, 6.07) is 5.14. The summed E-state index contributed by atoms with van der Waals surface area (Å²) in [7, 11) is 0. The normalized spacial score (nSPS) is 16.5. The molecule has 26 heavy (non-hydrogen) atoms. The Hall–Kier alpha value is -2.96. The second kappa shape index (κ2) is 6.09. The lowest BCUT2D eigenvalue weighted by Crippen LogP contribution is -2.32. The van der Waals surface area contributed by atoms with E-state index in [4.69, 9.17) is 0 Å². The molecule has 1 amide bonds. The van der Waals surface area contributed by atoms with Gasteiger partial charge in [-0.25, -0.2) is 9.50 Å². The van der Waals surface area contributed by atoms with Crippen molar-refractivity contribution in [3.05, 3.63) is 62.5 Å². The number of hydrogen-bond donors (Lipinski definition) is 2. The second-order valence-electron chi connectivity index (χ2n) is 6.91. The van der Waals surface area contributed by atoms with Gasteiger partial charge in [-0.15, -0.1) is 0 Å². The van der Waals surface area contributed by atoms with Crippen molar-refractivity contribution in [3.63, 3.8) is 0 Å². The lowest BCUT2D eigenvalue weighted by atomic mass is 9.91. The molecule has 1 aliphatic carbocycles. The number of nitrogens with one attached hydrogen (secondary N) is 2. The number of rotatable bonds is 2. The van der Waals surface area contributed by atoms with Crippen molar-refractivity contribution in [1.29, 1.82) is 0 Å². The van der Waals surface area contributed by atoms with Crippen molar-refractivity contribution in [3.8, 4) is 0 Å². The predicted molar refractivity (Wildman–Crippen MR) is 97.4 cm³/mol. The Bertz CT molecular complexity index is 1080. The first-order valence-corrected chi connectivity index (χ1v) is 8.80. The molecule has 0 aromatic carbocycles. The van der Waals surface area contributed by atoms with Gasteiger partial charge in [0.2, 0.25) is 5.56 Å². The standard InChI is InChI=1S/C19H21N5O2/c1-10-9-11(2)24-18(20-10)17(12(3)23-24)19(26)22-15-6-4-5-14-13(15)7-8-16(25)21-14/h7-9,15H,4-6H2,1-3H3,(H,21,25)(H,22,26). The SMILES string of the molecule is Cc1cc(C)n2nc(C)c(C(=O)NC3CCCc4[nH]c(=O)ccc43)c2n1. The number of hydrogen-bond acceptors (Lipinski definition) is 4. The quantitative estimate of drug-likeness (QED) is 0.740. The molecule has 7 heteroatoms. The average Bonchev–Trinajstić information content (AvgIpc) is 2.91. The number of aromatic amines is 1. The van der Waals surface area contributed by atoms with Crippen LogP contribution in [0.15, 0.2) is 23.0 Å². The Labute approximate surface area is 150 Å². The lowest BCUT2D eigenvalue weighted by Gasteiger charge is -2.25. The predicted octanol–water partition coefficient (Wildman–Crippen LogP) is 2.15. The molecule has 0 aliphatic heterocycles. The molecule has 3 aromatic heterocycles. The molecule has 7 nitrogen and oxygen atoms in total. The summed E-state index contributed by atoms with van der Waals surface area (Å²) in [5, 5.41) is 7.58. The fourth-order valence-electron chi connectivity index (χ4n) is 3.77. The van der Waals surface area contributed by atoms with Crippen LogP contribution in [0.4, 0.5) is 0 Å². The van der Waals surface area contributed by atoms with Crippen LogP contribution in [0.3, 0.4) is 0 Å². The van der Waals surface area contributed by atoms with Crippen molar-refractivity contribution < 1.29 is 4.79 Å². The molecule has 0 fully saturated rings. The highest BCUT2D eigenvalue weighted by Crippen LogP contribution is 2.28. The zero-order chi connectivity index (χ0) is 18.4. The summed E-state index contributed by atoms with van der Waals surface area (Å²) in [4.78, 5) is 32.0. The highest BCUT2D eigenvalue weighted by molar-refractivity contribution is 6.01. The Morgan fingerprint density at radius 3 is 2.92 bits per heavy atom. The topological polar surface area (TPSA) is 92.2 Å². The minimum Gasteiger partial charge on any atom is -0.345 e. The summed E-state index contributed by atoms with van der Waals surface area (Å²) < 4.78 is 1.71. The van der Waals surface area contributed by atoms with Crippen LogP contribution in [0.2, 0.25) is 0 Å².